The molecule has 3 aromatic rings. The van der Waals surface area contributed by atoms with E-state index in [0.717, 1.165) is 44.0 Å². The second-order valence-corrected chi connectivity index (χ2v) is 7.44. The quantitative estimate of drug-likeness (QED) is 0.674. The van der Waals surface area contributed by atoms with Crippen LogP contribution < -0.4 is 5.32 Å². The third-order valence-corrected chi connectivity index (χ3v) is 5.23. The van der Waals surface area contributed by atoms with E-state index in [1.54, 1.807) is 6.20 Å². The number of carbonyl (C=O) groups excluding carboxylic acids is 1. The highest BCUT2D eigenvalue weighted by Crippen LogP contribution is 2.09. The molecule has 1 aliphatic heterocycles. The average Bonchev–Trinajstić information content (AvgIpc) is 3.24. The summed E-state index contributed by atoms with van der Waals surface area (Å²) in [6, 6.07) is 20.5. The number of rotatable bonds is 7. The van der Waals surface area contributed by atoms with Crippen LogP contribution in [0.3, 0.4) is 0 Å². The van der Waals surface area contributed by atoms with Crippen LogP contribution in [0.4, 0.5) is 0 Å². The summed E-state index contributed by atoms with van der Waals surface area (Å²) in [5.74, 6) is 0.0639. The fourth-order valence-corrected chi connectivity index (χ4v) is 3.58. The van der Waals surface area contributed by atoms with Crippen LogP contribution in [0.15, 0.2) is 73.1 Å². The minimum absolute atomic E-state index is 0.0639. The van der Waals surface area contributed by atoms with Crippen molar-refractivity contribution in [2.45, 2.75) is 13.1 Å². The monoisotopic (exact) mass is 389 g/mol. The molecule has 1 aromatic heterocycles. The number of carbonyl (C=O) groups is 1. The lowest BCUT2D eigenvalue weighted by Crippen LogP contribution is -2.49. The summed E-state index contributed by atoms with van der Waals surface area (Å²) in [6.07, 6.45) is 3.76. The Hall–Kier alpha value is -2.96. The lowest BCUT2D eigenvalue weighted by Gasteiger charge is -2.34. The Labute approximate surface area is 171 Å². The summed E-state index contributed by atoms with van der Waals surface area (Å²) in [6.45, 7) is 5.76. The maximum atomic E-state index is 12.3. The Bertz CT molecular complexity index is 901. The summed E-state index contributed by atoms with van der Waals surface area (Å²) >= 11 is 0. The van der Waals surface area contributed by atoms with Crippen molar-refractivity contribution in [1.82, 2.24) is 24.9 Å². The van der Waals surface area contributed by atoms with Crippen LogP contribution in [0.25, 0.3) is 5.69 Å². The zero-order chi connectivity index (χ0) is 19.9. The molecule has 1 saturated heterocycles. The van der Waals surface area contributed by atoms with Crippen LogP contribution in [0.2, 0.25) is 0 Å². The van der Waals surface area contributed by atoms with Gasteiger partial charge in [-0.25, -0.2) is 4.68 Å². The number of benzene rings is 2. The van der Waals surface area contributed by atoms with Crippen molar-refractivity contribution < 1.29 is 4.79 Å². The summed E-state index contributed by atoms with van der Waals surface area (Å²) in [7, 11) is 0. The second-order valence-electron chi connectivity index (χ2n) is 7.44. The van der Waals surface area contributed by atoms with E-state index in [2.05, 4.69) is 44.5 Å². The van der Waals surface area contributed by atoms with E-state index < -0.39 is 0 Å². The number of aromatic nitrogens is 2. The Morgan fingerprint density at radius 1 is 0.862 bits per heavy atom. The highest BCUT2D eigenvalue weighted by molar-refractivity contribution is 5.78. The molecule has 1 amide bonds. The summed E-state index contributed by atoms with van der Waals surface area (Å²) in [5.41, 5.74) is 3.35. The van der Waals surface area contributed by atoms with Crippen molar-refractivity contribution in [3.8, 4) is 5.69 Å². The first-order chi connectivity index (χ1) is 14.3. The standard InChI is InChI=1S/C23H27N5O/c29-23(24-15-21-16-25-28(18-21)22-9-5-2-6-10-22)19-27-13-11-26(12-14-27)17-20-7-3-1-4-8-20/h1-10,16,18H,11-15,17,19H2,(H,24,29). The number of piperazine rings is 1. The van der Waals surface area contributed by atoms with Gasteiger partial charge in [-0.1, -0.05) is 48.5 Å². The van der Waals surface area contributed by atoms with Crippen molar-refractivity contribution in [3.63, 3.8) is 0 Å². The zero-order valence-electron chi connectivity index (χ0n) is 16.6. The van der Waals surface area contributed by atoms with Crippen molar-refractivity contribution in [2.24, 2.45) is 0 Å². The Kier molecular flexibility index (Phi) is 6.34. The molecular formula is C23H27N5O. The molecule has 2 heterocycles. The smallest absolute Gasteiger partial charge is 0.234 e. The van der Waals surface area contributed by atoms with Crippen LogP contribution in [0.5, 0.6) is 0 Å². The summed E-state index contributed by atoms with van der Waals surface area (Å²) < 4.78 is 1.83. The minimum Gasteiger partial charge on any atom is -0.351 e. The molecule has 150 valence electrons. The lowest BCUT2D eigenvalue weighted by molar-refractivity contribution is -0.122. The molecule has 6 nitrogen and oxygen atoms in total. The van der Waals surface area contributed by atoms with E-state index in [-0.39, 0.29) is 5.91 Å². The van der Waals surface area contributed by atoms with Gasteiger partial charge in [0.05, 0.1) is 18.4 Å². The van der Waals surface area contributed by atoms with Gasteiger partial charge in [0.2, 0.25) is 5.91 Å². The van der Waals surface area contributed by atoms with Crippen molar-refractivity contribution >= 4 is 5.91 Å². The van der Waals surface area contributed by atoms with Crippen LogP contribution in [0, 0.1) is 0 Å². The molecule has 0 unspecified atom stereocenters. The van der Waals surface area contributed by atoms with Crippen molar-refractivity contribution in [1.29, 1.82) is 0 Å². The van der Waals surface area contributed by atoms with E-state index in [4.69, 9.17) is 0 Å². The van der Waals surface area contributed by atoms with Gasteiger partial charge in [0.15, 0.2) is 0 Å². The SMILES string of the molecule is O=C(CN1CCN(Cc2ccccc2)CC1)NCc1cnn(-c2ccccc2)c1. The van der Waals surface area contributed by atoms with Crippen LogP contribution in [-0.2, 0) is 17.9 Å². The number of nitrogens with one attached hydrogen (secondary N) is 1. The number of hydrogen-bond donors (Lipinski definition) is 1. The van der Waals surface area contributed by atoms with Crippen LogP contribution in [-0.4, -0.2) is 58.2 Å². The maximum Gasteiger partial charge on any atom is 0.234 e. The predicted octanol–water partition coefficient (Wildman–Crippen LogP) is 2.31. The molecule has 0 atom stereocenters. The Balaban J connectivity index is 1.18. The molecule has 1 aliphatic rings. The topological polar surface area (TPSA) is 53.4 Å². The predicted molar refractivity (Wildman–Crippen MR) is 114 cm³/mol. The van der Waals surface area contributed by atoms with Crippen molar-refractivity contribution in [2.75, 3.05) is 32.7 Å². The normalized spacial score (nSPS) is 15.3. The fourth-order valence-electron chi connectivity index (χ4n) is 3.58. The molecule has 0 aliphatic carbocycles. The van der Waals surface area contributed by atoms with Gasteiger partial charge in [0, 0.05) is 51.0 Å². The molecule has 1 fully saturated rings. The minimum atomic E-state index is 0.0639. The van der Waals surface area contributed by atoms with Gasteiger partial charge in [-0.15, -0.1) is 0 Å². The number of nitrogens with zero attached hydrogens (tertiary/aromatic N) is 4. The largest absolute Gasteiger partial charge is 0.351 e. The fraction of sp³-hybridized carbons (Fsp3) is 0.304. The van der Waals surface area contributed by atoms with Gasteiger partial charge >= 0.3 is 0 Å². The van der Waals surface area contributed by atoms with Gasteiger partial charge in [-0.05, 0) is 17.7 Å². The van der Waals surface area contributed by atoms with Gasteiger partial charge in [-0.2, -0.15) is 5.10 Å². The molecule has 4 rings (SSSR count). The lowest BCUT2D eigenvalue weighted by atomic mass is 10.2. The average molecular weight is 390 g/mol. The van der Waals surface area contributed by atoms with E-state index in [0.29, 0.717) is 13.1 Å². The Morgan fingerprint density at radius 2 is 1.52 bits per heavy atom. The molecule has 0 bridgehead atoms. The van der Waals surface area contributed by atoms with Crippen LogP contribution >= 0.6 is 0 Å². The Morgan fingerprint density at radius 3 is 2.24 bits per heavy atom. The maximum absolute atomic E-state index is 12.3. The molecule has 29 heavy (non-hydrogen) atoms. The number of hydrogen-bond acceptors (Lipinski definition) is 4. The molecule has 0 spiro atoms. The second kappa shape index (κ2) is 9.49. The van der Waals surface area contributed by atoms with E-state index in [1.807, 2.05) is 47.3 Å². The van der Waals surface area contributed by atoms with Gasteiger partial charge in [0.1, 0.15) is 0 Å². The van der Waals surface area contributed by atoms with E-state index in [9.17, 15) is 4.79 Å². The molecule has 1 N–H and O–H groups in total. The summed E-state index contributed by atoms with van der Waals surface area (Å²) in [5, 5.41) is 7.39. The van der Waals surface area contributed by atoms with Gasteiger partial charge < -0.3 is 5.32 Å². The zero-order valence-corrected chi connectivity index (χ0v) is 16.6. The third kappa shape index (κ3) is 5.53. The highest BCUT2D eigenvalue weighted by atomic mass is 16.2. The first kappa shape index (κ1) is 19.4. The molecule has 0 saturated carbocycles. The number of amides is 1. The van der Waals surface area contributed by atoms with E-state index in [1.165, 1.54) is 5.56 Å². The van der Waals surface area contributed by atoms with Crippen LogP contribution in [0.1, 0.15) is 11.1 Å². The molecule has 2 aromatic carbocycles. The van der Waals surface area contributed by atoms with Crippen molar-refractivity contribution in [3.05, 3.63) is 84.2 Å². The first-order valence-corrected chi connectivity index (χ1v) is 10.1. The molecule has 0 radical (unpaired) electrons. The highest BCUT2D eigenvalue weighted by Gasteiger charge is 2.19. The summed E-state index contributed by atoms with van der Waals surface area (Å²) in [4.78, 5) is 17.0. The van der Waals surface area contributed by atoms with E-state index >= 15 is 0 Å². The molecule has 6 heteroatoms. The van der Waals surface area contributed by atoms with Gasteiger partial charge in [-0.3, -0.25) is 14.6 Å². The molecular weight excluding hydrogens is 362 g/mol. The number of para-hydroxylation sites is 1. The third-order valence-electron chi connectivity index (χ3n) is 5.23. The first-order valence-electron chi connectivity index (χ1n) is 10.1. The van der Waals surface area contributed by atoms with Gasteiger partial charge in [0.25, 0.3) is 0 Å².